The molecule has 6 nitrogen and oxygen atoms in total. The molecule has 108 valence electrons. The highest BCUT2D eigenvalue weighted by Gasteiger charge is 2.30. The van der Waals surface area contributed by atoms with Crippen LogP contribution >= 0.6 is 0 Å². The third kappa shape index (κ3) is 3.81. The second-order valence-corrected chi connectivity index (χ2v) is 4.62. The molecule has 2 amide bonds. The molecule has 0 spiro atoms. The topological polar surface area (TPSA) is 84.5 Å². The summed E-state index contributed by atoms with van der Waals surface area (Å²) >= 11 is 0. The van der Waals surface area contributed by atoms with Crippen molar-refractivity contribution in [1.29, 1.82) is 0 Å². The monoisotopic (exact) mass is 278 g/mol. The predicted octanol–water partition coefficient (Wildman–Crippen LogP) is 0.675. The average Bonchev–Trinajstić information content (AvgIpc) is 2.45. The molecule has 20 heavy (non-hydrogen) atoms. The van der Waals surface area contributed by atoms with Gasteiger partial charge in [-0.05, 0) is 26.3 Å². The van der Waals surface area contributed by atoms with Crippen molar-refractivity contribution in [3.8, 4) is 0 Å². The number of ether oxygens (including phenoxy) is 1. The Kier molecular flexibility index (Phi) is 5.25. The fraction of sp³-hybridized carbons (Fsp3) is 0.357. The Labute approximate surface area is 117 Å². The molecule has 0 aliphatic heterocycles. The van der Waals surface area contributed by atoms with Gasteiger partial charge in [0.15, 0.2) is 0 Å². The Balaban J connectivity index is 2.63. The van der Waals surface area contributed by atoms with Crippen molar-refractivity contribution < 1.29 is 19.1 Å². The van der Waals surface area contributed by atoms with Crippen LogP contribution in [-0.4, -0.2) is 24.4 Å². The number of hydrogen-bond donors (Lipinski definition) is 2. The van der Waals surface area contributed by atoms with Crippen LogP contribution in [0.25, 0.3) is 0 Å². The Hall–Kier alpha value is -2.37. The van der Waals surface area contributed by atoms with Crippen molar-refractivity contribution in [3.05, 3.63) is 35.9 Å². The first-order valence-corrected chi connectivity index (χ1v) is 6.22. The molecule has 0 heterocycles. The molecule has 0 bridgehead atoms. The van der Waals surface area contributed by atoms with Gasteiger partial charge in [-0.25, -0.2) is 4.79 Å². The van der Waals surface area contributed by atoms with Crippen LogP contribution in [0.4, 0.5) is 0 Å². The van der Waals surface area contributed by atoms with E-state index in [1.165, 1.54) is 0 Å². The van der Waals surface area contributed by atoms with E-state index >= 15 is 0 Å². The maximum absolute atomic E-state index is 12.1. The average molecular weight is 278 g/mol. The van der Waals surface area contributed by atoms with E-state index in [9.17, 15) is 14.4 Å². The fourth-order valence-corrected chi connectivity index (χ4v) is 1.50. The summed E-state index contributed by atoms with van der Waals surface area (Å²) in [6.45, 7) is 5.11. The second kappa shape index (κ2) is 6.70. The lowest BCUT2D eigenvalue weighted by molar-refractivity contribution is -0.155. The molecule has 0 aliphatic carbocycles. The fourth-order valence-electron chi connectivity index (χ4n) is 1.50. The van der Waals surface area contributed by atoms with Gasteiger partial charge in [0.05, 0.1) is 12.0 Å². The van der Waals surface area contributed by atoms with Crippen LogP contribution in [0.3, 0.4) is 0 Å². The van der Waals surface area contributed by atoms with E-state index < -0.39 is 23.2 Å². The van der Waals surface area contributed by atoms with Gasteiger partial charge in [-0.15, -0.1) is 0 Å². The Morgan fingerprint density at radius 1 is 1.10 bits per heavy atom. The van der Waals surface area contributed by atoms with Crippen molar-refractivity contribution in [3.63, 3.8) is 0 Å². The van der Waals surface area contributed by atoms with Crippen LogP contribution in [0, 0.1) is 0 Å². The summed E-state index contributed by atoms with van der Waals surface area (Å²) in [7, 11) is 0. The number of benzene rings is 1. The van der Waals surface area contributed by atoms with Gasteiger partial charge in [0.1, 0.15) is 0 Å². The lowest BCUT2D eigenvalue weighted by Gasteiger charge is -2.23. The highest BCUT2D eigenvalue weighted by molar-refractivity contribution is 6.32. The molecule has 6 heteroatoms. The van der Waals surface area contributed by atoms with E-state index in [0.717, 1.165) is 5.56 Å². The van der Waals surface area contributed by atoms with Crippen LogP contribution in [0.5, 0.6) is 0 Å². The summed E-state index contributed by atoms with van der Waals surface area (Å²) in [6, 6.07) is 9.11. The first-order valence-electron chi connectivity index (χ1n) is 6.22. The van der Waals surface area contributed by atoms with Crippen LogP contribution in [0.1, 0.15) is 26.3 Å². The molecule has 1 rings (SSSR count). The molecular formula is C14H18N2O4. The molecule has 0 radical (unpaired) electrons. The van der Waals surface area contributed by atoms with Gasteiger partial charge in [0, 0.05) is 0 Å². The molecule has 0 aliphatic rings. The number of carbonyl (C=O) groups excluding carboxylic acids is 3. The zero-order chi connectivity index (χ0) is 15.2. The van der Waals surface area contributed by atoms with Crippen LogP contribution in [0.2, 0.25) is 0 Å². The normalized spacial score (nSPS) is 10.6. The standard InChI is InChI=1S/C14H18N2O4/c1-4-20-12(18)11(17)15-16-13(19)14(2,3)10-8-6-5-7-9-10/h5-9H,4H2,1-3H3,(H,15,17)(H,16,19). The van der Waals surface area contributed by atoms with Gasteiger partial charge < -0.3 is 4.74 Å². The number of carbonyl (C=O) groups is 3. The highest BCUT2D eigenvalue weighted by Crippen LogP contribution is 2.22. The summed E-state index contributed by atoms with van der Waals surface area (Å²) < 4.78 is 4.50. The lowest BCUT2D eigenvalue weighted by Crippen LogP contribution is -2.51. The van der Waals surface area contributed by atoms with Gasteiger partial charge in [-0.2, -0.15) is 0 Å². The second-order valence-electron chi connectivity index (χ2n) is 4.62. The Morgan fingerprint density at radius 2 is 1.70 bits per heavy atom. The van der Waals surface area contributed by atoms with Gasteiger partial charge in [-0.3, -0.25) is 20.4 Å². The molecule has 0 aromatic heterocycles. The predicted molar refractivity (Wildman–Crippen MR) is 72.4 cm³/mol. The largest absolute Gasteiger partial charge is 0.459 e. The third-order valence-electron chi connectivity index (χ3n) is 2.81. The first-order chi connectivity index (χ1) is 9.39. The van der Waals surface area contributed by atoms with Crippen molar-refractivity contribution >= 4 is 17.8 Å². The number of hydrogen-bond acceptors (Lipinski definition) is 4. The first kappa shape index (κ1) is 15.7. The minimum absolute atomic E-state index is 0.0930. The lowest BCUT2D eigenvalue weighted by atomic mass is 9.84. The van der Waals surface area contributed by atoms with E-state index in [2.05, 4.69) is 10.2 Å². The summed E-state index contributed by atoms with van der Waals surface area (Å²) in [4.78, 5) is 34.5. The van der Waals surface area contributed by atoms with Crippen LogP contribution < -0.4 is 10.9 Å². The maximum Gasteiger partial charge on any atom is 0.398 e. The van der Waals surface area contributed by atoms with Crippen molar-refractivity contribution in [1.82, 2.24) is 10.9 Å². The summed E-state index contributed by atoms with van der Waals surface area (Å²) in [6.07, 6.45) is 0. The van der Waals surface area contributed by atoms with Gasteiger partial charge >= 0.3 is 11.9 Å². The molecule has 0 saturated heterocycles. The summed E-state index contributed by atoms with van der Waals surface area (Å²) in [5.41, 5.74) is 4.20. The third-order valence-corrected chi connectivity index (χ3v) is 2.81. The van der Waals surface area contributed by atoms with Gasteiger partial charge in [0.2, 0.25) is 5.91 Å². The zero-order valence-corrected chi connectivity index (χ0v) is 11.7. The van der Waals surface area contributed by atoms with Crippen molar-refractivity contribution in [2.75, 3.05) is 6.61 Å². The minimum Gasteiger partial charge on any atom is -0.459 e. The van der Waals surface area contributed by atoms with E-state index in [1.807, 2.05) is 35.8 Å². The van der Waals surface area contributed by atoms with Gasteiger partial charge in [-0.1, -0.05) is 30.3 Å². The molecule has 0 fully saturated rings. The number of rotatable bonds is 3. The van der Waals surface area contributed by atoms with E-state index in [1.54, 1.807) is 20.8 Å². The molecule has 1 aromatic carbocycles. The van der Waals surface area contributed by atoms with Crippen LogP contribution in [-0.2, 0) is 24.5 Å². The van der Waals surface area contributed by atoms with E-state index in [0.29, 0.717) is 0 Å². The molecule has 1 aromatic rings. The van der Waals surface area contributed by atoms with Crippen LogP contribution in [0.15, 0.2) is 30.3 Å². The number of nitrogens with one attached hydrogen (secondary N) is 2. The molecule has 0 saturated carbocycles. The summed E-state index contributed by atoms with van der Waals surface area (Å²) in [5.74, 6) is -2.48. The smallest absolute Gasteiger partial charge is 0.398 e. The maximum atomic E-state index is 12.1. The zero-order valence-electron chi connectivity index (χ0n) is 11.7. The number of amides is 2. The SMILES string of the molecule is CCOC(=O)C(=O)NNC(=O)C(C)(C)c1ccccc1. The molecular weight excluding hydrogens is 260 g/mol. The van der Waals surface area contributed by atoms with E-state index in [-0.39, 0.29) is 6.61 Å². The summed E-state index contributed by atoms with van der Waals surface area (Å²) in [5, 5.41) is 0. The molecule has 2 N–H and O–H groups in total. The van der Waals surface area contributed by atoms with Crippen molar-refractivity contribution in [2.45, 2.75) is 26.2 Å². The number of esters is 1. The Bertz CT molecular complexity index is 497. The quantitative estimate of drug-likeness (QED) is 0.483. The Morgan fingerprint density at radius 3 is 2.25 bits per heavy atom. The van der Waals surface area contributed by atoms with E-state index in [4.69, 9.17) is 0 Å². The van der Waals surface area contributed by atoms with Crippen molar-refractivity contribution in [2.24, 2.45) is 0 Å². The number of hydrazine groups is 1. The van der Waals surface area contributed by atoms with Gasteiger partial charge in [0.25, 0.3) is 0 Å². The highest BCUT2D eigenvalue weighted by atomic mass is 16.5. The molecule has 0 atom stereocenters. The molecule has 0 unspecified atom stereocenters. The minimum atomic E-state index is -1.04.